The Bertz CT molecular complexity index is 1920. The lowest BCUT2D eigenvalue weighted by Crippen LogP contribution is -2.61. The zero-order chi connectivity index (χ0) is 50.1. The van der Waals surface area contributed by atoms with Crippen molar-refractivity contribution < 1.29 is 76.1 Å². The van der Waals surface area contributed by atoms with Crippen LogP contribution in [0, 0.1) is 41.2 Å². The zero-order valence-electron chi connectivity index (χ0n) is 41.4. The number of esters is 2. The number of likely N-dealkylation sites (N-methyl/N-ethyl adjacent to an activating group) is 1. The van der Waals surface area contributed by atoms with Gasteiger partial charge < -0.3 is 58.3 Å². The highest BCUT2D eigenvalue weighted by Crippen LogP contribution is 2.49. The number of aliphatic hydroxyl groups is 2. The summed E-state index contributed by atoms with van der Waals surface area (Å²) in [5.74, 6) is -9.11. The van der Waals surface area contributed by atoms with Crippen molar-refractivity contribution in [3.63, 3.8) is 0 Å². The standard InChI is InChI=1S/C48H74F2N2O14S/c1-15-33-48(10)36(40(44(58)66-48)67-22-34(53)51-31-17-16-29(49)19-30(31)50)25(4)37(54)23(2)20-47(9,60-14)42(65-45-38(55)32(52(11)12)18-24(3)61-45)26(5)39(27(6)43(57)63-33)64-35-21-46(8,59-13)41(56)28(7)62-35/h16-17,19,23-28,32-33,35-36,38-42,45,55-56H,15,18,20-22H2,1-14H3,(H,51,53)/t23-,24-,25+,26+,27-,28-,32+,33-,35+,36?,38-,39+,40?,41+,42-,45+,46-,47-,48-/m1/s1. The highest BCUT2D eigenvalue weighted by atomic mass is 32.2. The number of nitrogens with one attached hydrogen (secondary N) is 1. The lowest BCUT2D eigenvalue weighted by molar-refractivity contribution is -0.319. The molecule has 0 spiro atoms. The van der Waals surface area contributed by atoms with Crippen LogP contribution in [0.3, 0.4) is 0 Å². The topological polar surface area (TPSA) is 198 Å². The Morgan fingerprint density at radius 3 is 2.18 bits per heavy atom. The van der Waals surface area contributed by atoms with Gasteiger partial charge in [0.25, 0.3) is 0 Å². The fraction of sp³-hybridized carbons (Fsp3) is 0.792. The van der Waals surface area contributed by atoms with Gasteiger partial charge in [0, 0.05) is 56.4 Å². The molecule has 0 aromatic heterocycles. The number of benzene rings is 1. The average molecular weight is 973 g/mol. The molecule has 0 saturated carbocycles. The van der Waals surface area contributed by atoms with Crippen molar-refractivity contribution in [2.75, 3.05) is 39.4 Å². The Balaban J connectivity index is 1.60. The zero-order valence-corrected chi connectivity index (χ0v) is 42.2. The number of fused-ring (bicyclic) bond motifs is 1. The molecule has 19 atom stereocenters. The molecule has 16 nitrogen and oxygen atoms in total. The molecule has 4 aliphatic rings. The summed E-state index contributed by atoms with van der Waals surface area (Å²) in [7, 11) is 6.69. The average Bonchev–Trinajstić information content (AvgIpc) is 3.53. The number of ether oxygens (including phenoxy) is 8. The van der Waals surface area contributed by atoms with Crippen LogP contribution in [0.25, 0.3) is 0 Å². The molecule has 0 aliphatic carbocycles. The number of nitrogens with zero attached hydrogens (tertiary/aromatic N) is 1. The van der Waals surface area contributed by atoms with Crippen LogP contribution >= 0.6 is 11.8 Å². The van der Waals surface area contributed by atoms with Gasteiger partial charge in [0.15, 0.2) is 18.2 Å². The second kappa shape index (κ2) is 22.1. The molecule has 380 valence electrons. The monoisotopic (exact) mass is 972 g/mol. The normalized spacial score (nSPS) is 42.4. The first kappa shape index (κ1) is 55.1. The fourth-order valence-corrected chi connectivity index (χ4v) is 12.1. The minimum absolute atomic E-state index is 0.0481. The third-order valence-electron chi connectivity index (χ3n) is 14.9. The van der Waals surface area contributed by atoms with E-state index in [4.69, 9.17) is 37.9 Å². The summed E-state index contributed by atoms with van der Waals surface area (Å²) in [6.07, 6.45) is -7.80. The van der Waals surface area contributed by atoms with E-state index < -0.39 is 130 Å². The van der Waals surface area contributed by atoms with Crippen LogP contribution in [0.1, 0.15) is 94.9 Å². The van der Waals surface area contributed by atoms with Crippen molar-refractivity contribution in [3.8, 4) is 0 Å². The quantitative estimate of drug-likeness (QED) is 0.229. The summed E-state index contributed by atoms with van der Waals surface area (Å²) in [6, 6.07) is 2.38. The molecule has 3 N–H and O–H groups in total. The summed E-state index contributed by atoms with van der Waals surface area (Å²) in [6.45, 7) is 17.4. The van der Waals surface area contributed by atoms with Crippen molar-refractivity contribution >= 4 is 41.1 Å². The van der Waals surface area contributed by atoms with Gasteiger partial charge in [0.2, 0.25) is 5.91 Å². The van der Waals surface area contributed by atoms with E-state index >= 15 is 4.79 Å². The molecule has 19 heteroatoms. The summed E-state index contributed by atoms with van der Waals surface area (Å²) >= 11 is 0.904. The number of anilines is 1. The third kappa shape index (κ3) is 11.7. The number of halogens is 2. The highest BCUT2D eigenvalue weighted by molar-refractivity contribution is 8.01. The molecule has 0 bridgehead atoms. The van der Waals surface area contributed by atoms with Crippen molar-refractivity contribution in [2.45, 2.75) is 178 Å². The van der Waals surface area contributed by atoms with Crippen LogP contribution in [-0.4, -0.2) is 156 Å². The highest BCUT2D eigenvalue weighted by Gasteiger charge is 2.62. The number of thioether (sulfide) groups is 1. The van der Waals surface area contributed by atoms with Gasteiger partial charge in [-0.15, -0.1) is 11.8 Å². The first-order valence-corrected chi connectivity index (χ1v) is 24.4. The number of methoxy groups -OCH3 is 2. The number of carbonyl (C=O) groups is 4. The molecule has 4 heterocycles. The largest absolute Gasteiger partial charge is 0.458 e. The van der Waals surface area contributed by atoms with Gasteiger partial charge in [-0.1, -0.05) is 27.7 Å². The summed E-state index contributed by atoms with van der Waals surface area (Å²) in [4.78, 5) is 59.0. The Hall–Kier alpha value is -2.85. The number of hydrogen-bond donors (Lipinski definition) is 3. The summed E-state index contributed by atoms with van der Waals surface area (Å²) in [5.41, 5.74) is -4.27. The Morgan fingerprint density at radius 1 is 0.925 bits per heavy atom. The molecule has 4 saturated heterocycles. The van der Waals surface area contributed by atoms with Crippen molar-refractivity contribution in [1.29, 1.82) is 0 Å². The van der Waals surface area contributed by atoms with Crippen molar-refractivity contribution in [1.82, 2.24) is 4.90 Å². The maximum atomic E-state index is 15.0. The number of Topliss-reactive ketones (excluding diaryl/α,β-unsaturated/α-hetero) is 1. The Morgan fingerprint density at radius 2 is 1.58 bits per heavy atom. The lowest BCUT2D eigenvalue weighted by atomic mass is 9.70. The van der Waals surface area contributed by atoms with Gasteiger partial charge in [-0.05, 0) is 87.0 Å². The lowest BCUT2D eigenvalue weighted by Gasteiger charge is -2.50. The number of hydrogen-bond acceptors (Lipinski definition) is 16. The number of cyclic esters (lactones) is 1. The predicted molar refractivity (Wildman–Crippen MR) is 244 cm³/mol. The molecular weight excluding hydrogens is 899 g/mol. The van der Waals surface area contributed by atoms with Crippen LogP contribution < -0.4 is 5.32 Å². The third-order valence-corrected chi connectivity index (χ3v) is 16.1. The van der Waals surface area contributed by atoms with Gasteiger partial charge in [-0.2, -0.15) is 0 Å². The van der Waals surface area contributed by atoms with Gasteiger partial charge in [0.1, 0.15) is 41.0 Å². The van der Waals surface area contributed by atoms with E-state index in [1.54, 1.807) is 55.4 Å². The molecule has 67 heavy (non-hydrogen) atoms. The van der Waals surface area contributed by atoms with E-state index in [0.717, 1.165) is 23.9 Å². The van der Waals surface area contributed by atoms with Gasteiger partial charge in [-0.25, -0.2) is 8.78 Å². The number of rotatable bonds is 12. The summed E-state index contributed by atoms with van der Waals surface area (Å²) in [5, 5.41) is 24.2. The van der Waals surface area contributed by atoms with Crippen LogP contribution in [0.15, 0.2) is 18.2 Å². The fourth-order valence-electron chi connectivity index (χ4n) is 10.8. The summed E-state index contributed by atoms with van der Waals surface area (Å²) < 4.78 is 79.2. The molecular formula is C48H74F2N2O14S. The van der Waals surface area contributed by atoms with E-state index in [9.17, 15) is 33.4 Å². The number of amides is 1. The van der Waals surface area contributed by atoms with Gasteiger partial charge in [-0.3, -0.25) is 19.2 Å². The minimum Gasteiger partial charge on any atom is -0.458 e. The van der Waals surface area contributed by atoms with Crippen LogP contribution in [0.4, 0.5) is 14.5 Å². The molecule has 0 radical (unpaired) electrons. The molecule has 1 aromatic carbocycles. The van der Waals surface area contributed by atoms with E-state index in [0.29, 0.717) is 12.5 Å². The maximum absolute atomic E-state index is 15.0. The van der Waals surface area contributed by atoms with Crippen molar-refractivity contribution in [3.05, 3.63) is 29.8 Å². The molecule has 4 fully saturated rings. The minimum atomic E-state index is -1.58. The molecule has 1 aromatic rings. The molecule has 1 amide bonds. The van der Waals surface area contributed by atoms with E-state index in [2.05, 4.69) is 5.32 Å². The Labute approximate surface area is 398 Å². The molecule has 2 unspecified atom stereocenters. The van der Waals surface area contributed by atoms with E-state index in [1.165, 1.54) is 14.2 Å². The number of ketones is 1. The van der Waals surface area contributed by atoms with Crippen LogP contribution in [0.2, 0.25) is 0 Å². The number of aliphatic hydroxyl groups excluding tert-OH is 2. The molecule has 5 rings (SSSR count). The number of carbonyl (C=O) groups excluding carboxylic acids is 4. The van der Waals surface area contributed by atoms with E-state index in [-0.39, 0.29) is 48.6 Å². The first-order chi connectivity index (χ1) is 31.2. The maximum Gasteiger partial charge on any atom is 0.320 e. The smallest absolute Gasteiger partial charge is 0.320 e. The van der Waals surface area contributed by atoms with Crippen molar-refractivity contribution in [2.24, 2.45) is 29.6 Å². The molecule has 4 aliphatic heterocycles. The second-order valence-electron chi connectivity index (χ2n) is 20.0. The van der Waals surface area contributed by atoms with Crippen LogP contribution in [0.5, 0.6) is 0 Å². The first-order valence-electron chi connectivity index (χ1n) is 23.3. The second-order valence-corrected chi connectivity index (χ2v) is 21.1. The van der Waals surface area contributed by atoms with E-state index in [1.807, 2.05) is 32.8 Å². The SMILES string of the molecule is CC[C@H]1OC(=O)[C@H](C)[C@@H](O[C@H]2C[C@@](C)(OC)[C@@H](O)[C@@H](C)O2)[C@H](C)[C@@H](O[C@@H]2O[C@H](C)C[C@H](N(C)C)[C@H]2O)[C@](C)(OC)C[C@@H](C)C(=O)[C@@H](C)C2C(SCC(=O)Nc3ccc(F)cc3F)C(=O)O[C@@]21C. The van der Waals surface area contributed by atoms with Crippen LogP contribution in [-0.2, 0) is 57.1 Å². The Kier molecular flexibility index (Phi) is 18.1. The predicted octanol–water partition coefficient (Wildman–Crippen LogP) is 5.28. The van der Waals surface area contributed by atoms with Gasteiger partial charge in [0.05, 0.1) is 53.0 Å². The van der Waals surface area contributed by atoms with Gasteiger partial charge >= 0.3 is 11.9 Å².